The average molecular weight is 391 g/mol. The van der Waals surface area contributed by atoms with Crippen molar-refractivity contribution in [2.75, 3.05) is 38.3 Å². The number of nitrogens with zero attached hydrogens (tertiary/aromatic N) is 4. The zero-order valence-corrected chi connectivity index (χ0v) is 16.9. The molecule has 1 aromatic carbocycles. The number of thioether (sulfide) groups is 1. The average Bonchev–Trinajstić information content (AvgIpc) is 3.15. The molecule has 1 atom stereocenters. The van der Waals surface area contributed by atoms with Gasteiger partial charge in [-0.15, -0.1) is 10.2 Å². The summed E-state index contributed by atoms with van der Waals surface area (Å²) < 4.78 is 12.5. The number of methoxy groups -OCH3 is 1. The van der Waals surface area contributed by atoms with Crippen LogP contribution in [0.2, 0.25) is 0 Å². The highest BCUT2D eigenvalue weighted by Gasteiger charge is 2.27. The van der Waals surface area contributed by atoms with E-state index in [1.807, 2.05) is 19.1 Å². The van der Waals surface area contributed by atoms with Crippen LogP contribution in [0.15, 0.2) is 29.4 Å². The molecule has 1 saturated heterocycles. The smallest absolute Gasteiger partial charge is 0.319 e. The monoisotopic (exact) mass is 390 g/mol. The van der Waals surface area contributed by atoms with Gasteiger partial charge >= 0.3 is 5.97 Å². The van der Waals surface area contributed by atoms with Crippen molar-refractivity contribution in [2.45, 2.75) is 37.1 Å². The second kappa shape index (κ2) is 9.23. The number of aryl methyl sites for hydroxylation is 1. The van der Waals surface area contributed by atoms with Crippen molar-refractivity contribution in [1.29, 1.82) is 0 Å². The summed E-state index contributed by atoms with van der Waals surface area (Å²) in [6.07, 6.45) is 1.56. The number of para-hydroxylation sites is 1. The summed E-state index contributed by atoms with van der Waals surface area (Å²) in [5.41, 5.74) is 2.26. The molecule has 0 aliphatic carbocycles. The molecule has 0 spiro atoms. The number of morpholine rings is 1. The predicted molar refractivity (Wildman–Crippen MR) is 106 cm³/mol. The zero-order chi connectivity index (χ0) is 19.2. The maximum Gasteiger partial charge on any atom is 0.319 e. The standard InChI is InChI=1S/C19H26N4O3S/c1-4-14-8-6-7-9-15(14)23-18(22-10-12-26-13-11-22)20-21-19(23)27-16(5-2)17(24)25-3/h6-9,16H,4-5,10-13H2,1-3H3/t16-/m0/s1. The summed E-state index contributed by atoms with van der Waals surface area (Å²) in [7, 11) is 1.42. The first-order valence-electron chi connectivity index (χ1n) is 9.30. The summed E-state index contributed by atoms with van der Waals surface area (Å²) in [5.74, 6) is 0.551. The maximum atomic E-state index is 12.1. The molecule has 0 bridgehead atoms. The Morgan fingerprint density at radius 1 is 1.26 bits per heavy atom. The van der Waals surface area contributed by atoms with Gasteiger partial charge in [-0.05, 0) is 24.5 Å². The molecule has 0 unspecified atom stereocenters. The first kappa shape index (κ1) is 19.7. The summed E-state index contributed by atoms with van der Waals surface area (Å²) >= 11 is 1.40. The van der Waals surface area contributed by atoms with Gasteiger partial charge in [0.1, 0.15) is 5.25 Å². The number of ether oxygens (including phenoxy) is 2. The molecule has 1 aliphatic rings. The number of benzene rings is 1. The fourth-order valence-corrected chi connectivity index (χ4v) is 4.09. The summed E-state index contributed by atoms with van der Waals surface area (Å²) in [6.45, 7) is 6.98. The molecule has 27 heavy (non-hydrogen) atoms. The molecule has 0 N–H and O–H groups in total. The lowest BCUT2D eigenvalue weighted by molar-refractivity contribution is -0.140. The summed E-state index contributed by atoms with van der Waals surface area (Å²) in [5, 5.41) is 9.30. The minimum atomic E-state index is -0.315. The van der Waals surface area contributed by atoms with E-state index in [1.165, 1.54) is 24.4 Å². The molecule has 8 heteroatoms. The Balaban J connectivity index is 2.05. The van der Waals surface area contributed by atoms with Crippen LogP contribution in [0.3, 0.4) is 0 Å². The first-order chi connectivity index (χ1) is 13.2. The van der Waals surface area contributed by atoms with Crippen LogP contribution in [0, 0.1) is 0 Å². The van der Waals surface area contributed by atoms with Gasteiger partial charge in [0, 0.05) is 13.1 Å². The normalized spacial score (nSPS) is 15.6. The van der Waals surface area contributed by atoms with E-state index in [0.717, 1.165) is 31.1 Å². The first-order valence-corrected chi connectivity index (χ1v) is 10.2. The van der Waals surface area contributed by atoms with Crippen molar-refractivity contribution in [1.82, 2.24) is 14.8 Å². The lowest BCUT2D eigenvalue weighted by Crippen LogP contribution is -2.38. The van der Waals surface area contributed by atoms with E-state index in [9.17, 15) is 4.79 Å². The Bertz CT molecular complexity index is 774. The molecule has 3 rings (SSSR count). The highest BCUT2D eigenvalue weighted by molar-refractivity contribution is 8.00. The van der Waals surface area contributed by atoms with E-state index in [2.05, 4.69) is 38.7 Å². The minimum Gasteiger partial charge on any atom is -0.468 e. The SMILES string of the molecule is CCc1ccccc1-n1c(S[C@@H](CC)C(=O)OC)nnc1N1CCOCC1. The van der Waals surface area contributed by atoms with Gasteiger partial charge < -0.3 is 14.4 Å². The highest BCUT2D eigenvalue weighted by Crippen LogP contribution is 2.32. The molecule has 2 heterocycles. The van der Waals surface area contributed by atoms with Crippen LogP contribution >= 0.6 is 11.8 Å². The number of esters is 1. The topological polar surface area (TPSA) is 69.5 Å². The van der Waals surface area contributed by atoms with Gasteiger partial charge in [0.2, 0.25) is 5.95 Å². The molecule has 0 saturated carbocycles. The lowest BCUT2D eigenvalue weighted by atomic mass is 10.1. The van der Waals surface area contributed by atoms with Crippen LogP contribution in [0.1, 0.15) is 25.8 Å². The largest absolute Gasteiger partial charge is 0.468 e. The Morgan fingerprint density at radius 2 is 2.00 bits per heavy atom. The molecule has 0 radical (unpaired) electrons. The number of anilines is 1. The molecule has 1 aromatic heterocycles. The number of hydrogen-bond acceptors (Lipinski definition) is 7. The minimum absolute atomic E-state index is 0.242. The van der Waals surface area contributed by atoms with Gasteiger partial charge in [0.15, 0.2) is 5.16 Å². The Hall–Kier alpha value is -2.06. The third kappa shape index (κ3) is 4.27. The molecule has 1 aliphatic heterocycles. The lowest BCUT2D eigenvalue weighted by Gasteiger charge is -2.28. The van der Waals surface area contributed by atoms with Crippen LogP contribution in [-0.4, -0.2) is 59.4 Å². The van der Waals surface area contributed by atoms with E-state index in [4.69, 9.17) is 9.47 Å². The third-order valence-corrected chi connectivity index (χ3v) is 5.89. The number of rotatable bonds is 7. The maximum absolute atomic E-state index is 12.1. The summed E-state index contributed by atoms with van der Waals surface area (Å²) in [6, 6.07) is 8.25. The third-order valence-electron chi connectivity index (χ3n) is 4.61. The molecule has 0 amide bonds. The Kier molecular flexibility index (Phi) is 6.73. The fraction of sp³-hybridized carbons (Fsp3) is 0.526. The van der Waals surface area contributed by atoms with Crippen molar-refractivity contribution in [3.8, 4) is 5.69 Å². The fourth-order valence-electron chi connectivity index (χ4n) is 3.10. The Labute approximate surface area is 164 Å². The van der Waals surface area contributed by atoms with Crippen LogP contribution in [0.4, 0.5) is 5.95 Å². The van der Waals surface area contributed by atoms with Gasteiger partial charge in [0.25, 0.3) is 0 Å². The van der Waals surface area contributed by atoms with Crippen LogP contribution in [0.25, 0.3) is 5.69 Å². The van der Waals surface area contributed by atoms with Gasteiger partial charge in [-0.2, -0.15) is 0 Å². The molecule has 2 aromatic rings. The van der Waals surface area contributed by atoms with E-state index >= 15 is 0 Å². The number of carbonyl (C=O) groups excluding carboxylic acids is 1. The molecular weight excluding hydrogens is 364 g/mol. The quantitative estimate of drug-likeness (QED) is 0.532. The van der Waals surface area contributed by atoms with Gasteiger partial charge in [-0.3, -0.25) is 9.36 Å². The van der Waals surface area contributed by atoms with Gasteiger partial charge in [-0.25, -0.2) is 0 Å². The van der Waals surface area contributed by atoms with Gasteiger partial charge in [-0.1, -0.05) is 43.8 Å². The number of hydrogen-bond donors (Lipinski definition) is 0. The van der Waals surface area contributed by atoms with Crippen LogP contribution in [0.5, 0.6) is 0 Å². The van der Waals surface area contributed by atoms with Crippen molar-refractivity contribution < 1.29 is 14.3 Å². The second-order valence-corrected chi connectivity index (χ2v) is 7.41. The van der Waals surface area contributed by atoms with E-state index in [1.54, 1.807) is 0 Å². The van der Waals surface area contributed by atoms with Crippen molar-refractivity contribution >= 4 is 23.7 Å². The van der Waals surface area contributed by atoms with E-state index in [0.29, 0.717) is 24.8 Å². The molecule has 7 nitrogen and oxygen atoms in total. The van der Waals surface area contributed by atoms with Crippen molar-refractivity contribution in [3.63, 3.8) is 0 Å². The predicted octanol–water partition coefficient (Wildman–Crippen LogP) is 2.71. The van der Waals surface area contributed by atoms with E-state index < -0.39 is 0 Å². The van der Waals surface area contributed by atoms with Crippen LogP contribution in [-0.2, 0) is 20.7 Å². The summed E-state index contributed by atoms with van der Waals surface area (Å²) in [4.78, 5) is 14.3. The molecule has 146 valence electrons. The van der Waals surface area contributed by atoms with Crippen molar-refractivity contribution in [2.24, 2.45) is 0 Å². The van der Waals surface area contributed by atoms with Crippen LogP contribution < -0.4 is 4.90 Å². The number of aromatic nitrogens is 3. The second-order valence-electron chi connectivity index (χ2n) is 6.24. The molecular formula is C19H26N4O3S. The Morgan fingerprint density at radius 3 is 2.67 bits per heavy atom. The number of carbonyl (C=O) groups is 1. The van der Waals surface area contributed by atoms with E-state index in [-0.39, 0.29) is 11.2 Å². The van der Waals surface area contributed by atoms with Crippen molar-refractivity contribution in [3.05, 3.63) is 29.8 Å². The van der Waals surface area contributed by atoms with Gasteiger partial charge in [0.05, 0.1) is 26.0 Å². The highest BCUT2D eigenvalue weighted by atomic mass is 32.2. The molecule has 1 fully saturated rings. The zero-order valence-electron chi connectivity index (χ0n) is 16.1.